The Kier molecular flexibility index (Phi) is 5.24. The molecule has 0 aromatic carbocycles. The van der Waals surface area contributed by atoms with Crippen LogP contribution in [0.5, 0.6) is 0 Å². The van der Waals surface area contributed by atoms with Gasteiger partial charge in [-0.25, -0.2) is 0 Å². The largest absolute Gasteiger partial charge is 0.364 e. The molecule has 1 N–H and O–H groups in total. The van der Waals surface area contributed by atoms with E-state index in [1.807, 2.05) is 0 Å². The van der Waals surface area contributed by atoms with Crippen LogP contribution in [0.25, 0.3) is 0 Å². The molecular weight excluding hydrogens is 228 g/mol. The van der Waals surface area contributed by atoms with Crippen molar-refractivity contribution in [1.82, 2.24) is 10.5 Å². The molecule has 0 unspecified atom stereocenters. The highest BCUT2D eigenvalue weighted by atomic mass is 16.5. The summed E-state index contributed by atoms with van der Waals surface area (Å²) in [5, 5.41) is 6.63. The number of aryl methyl sites for hydroxylation is 1. The summed E-state index contributed by atoms with van der Waals surface area (Å²) in [6.45, 7) is 0.745. The zero-order valence-electron chi connectivity index (χ0n) is 10.9. The van der Waals surface area contributed by atoms with Crippen molar-refractivity contribution in [3.8, 4) is 0 Å². The highest BCUT2D eigenvalue weighted by Crippen LogP contribution is 2.28. The second kappa shape index (κ2) is 7.19. The predicted molar refractivity (Wildman–Crippen MR) is 69.0 cm³/mol. The zero-order valence-corrected chi connectivity index (χ0v) is 10.9. The first kappa shape index (κ1) is 13.1. The third-order valence-electron chi connectivity index (χ3n) is 3.70. The standard InChI is InChI=1S/C14H22N2O2/c17-14(8-7-12-4-1-2-5-12)15-9-3-6-13-10-16-18-11-13/h10-12H,1-9H2,(H,15,17). The van der Waals surface area contributed by atoms with Gasteiger partial charge < -0.3 is 9.84 Å². The highest BCUT2D eigenvalue weighted by Gasteiger charge is 2.15. The summed E-state index contributed by atoms with van der Waals surface area (Å²) < 4.78 is 4.75. The summed E-state index contributed by atoms with van der Waals surface area (Å²) >= 11 is 0. The molecule has 1 aliphatic rings. The summed E-state index contributed by atoms with van der Waals surface area (Å²) in [6.07, 6.45) is 12.3. The lowest BCUT2D eigenvalue weighted by Gasteiger charge is -2.08. The molecule has 100 valence electrons. The Bertz CT molecular complexity index is 343. The molecule has 18 heavy (non-hydrogen) atoms. The number of hydrogen-bond donors (Lipinski definition) is 1. The van der Waals surface area contributed by atoms with Crippen LogP contribution >= 0.6 is 0 Å². The molecule has 0 atom stereocenters. The molecule has 1 fully saturated rings. The molecule has 1 aromatic rings. The molecule has 4 nitrogen and oxygen atoms in total. The fourth-order valence-electron chi connectivity index (χ4n) is 2.59. The maximum Gasteiger partial charge on any atom is 0.220 e. The van der Waals surface area contributed by atoms with E-state index < -0.39 is 0 Å². The van der Waals surface area contributed by atoms with Crippen LogP contribution in [-0.2, 0) is 11.2 Å². The van der Waals surface area contributed by atoms with Gasteiger partial charge in [-0.3, -0.25) is 4.79 Å². The fourth-order valence-corrected chi connectivity index (χ4v) is 2.59. The summed E-state index contributed by atoms with van der Waals surface area (Å²) in [4.78, 5) is 11.6. The van der Waals surface area contributed by atoms with Crippen LogP contribution < -0.4 is 5.32 Å². The molecule has 1 aromatic heterocycles. The molecule has 4 heteroatoms. The van der Waals surface area contributed by atoms with E-state index in [0.29, 0.717) is 6.42 Å². The van der Waals surface area contributed by atoms with Crippen molar-refractivity contribution in [2.45, 2.75) is 51.4 Å². The van der Waals surface area contributed by atoms with E-state index in [4.69, 9.17) is 4.52 Å². The predicted octanol–water partition coefficient (Wildman–Crippen LogP) is 2.69. The Balaban J connectivity index is 1.49. The maximum absolute atomic E-state index is 11.6. The van der Waals surface area contributed by atoms with Crippen molar-refractivity contribution in [3.63, 3.8) is 0 Å². The molecule has 0 saturated heterocycles. The van der Waals surface area contributed by atoms with Crippen molar-refractivity contribution in [2.24, 2.45) is 5.92 Å². The van der Waals surface area contributed by atoms with E-state index >= 15 is 0 Å². The van der Waals surface area contributed by atoms with Gasteiger partial charge in [0.25, 0.3) is 0 Å². The Labute approximate surface area is 108 Å². The number of carbonyl (C=O) groups excluding carboxylic acids is 1. The minimum absolute atomic E-state index is 0.201. The topological polar surface area (TPSA) is 55.1 Å². The zero-order chi connectivity index (χ0) is 12.6. The number of aromatic nitrogens is 1. The van der Waals surface area contributed by atoms with Gasteiger partial charge in [0.15, 0.2) is 0 Å². The molecule has 2 rings (SSSR count). The van der Waals surface area contributed by atoms with Gasteiger partial charge in [-0.2, -0.15) is 0 Å². The average Bonchev–Trinajstić information content (AvgIpc) is 3.04. The van der Waals surface area contributed by atoms with Gasteiger partial charge in [-0.1, -0.05) is 30.8 Å². The van der Waals surface area contributed by atoms with Gasteiger partial charge in [-0.15, -0.1) is 0 Å². The van der Waals surface area contributed by atoms with Gasteiger partial charge in [0.1, 0.15) is 6.26 Å². The van der Waals surface area contributed by atoms with Gasteiger partial charge in [-0.05, 0) is 25.2 Å². The number of rotatable bonds is 7. The van der Waals surface area contributed by atoms with E-state index in [1.54, 1.807) is 12.5 Å². The highest BCUT2D eigenvalue weighted by molar-refractivity contribution is 5.75. The molecule has 1 amide bonds. The smallest absolute Gasteiger partial charge is 0.220 e. The first-order chi connectivity index (χ1) is 8.84. The SMILES string of the molecule is O=C(CCC1CCCC1)NCCCc1cnoc1. The number of nitrogens with one attached hydrogen (secondary N) is 1. The molecular formula is C14H22N2O2. The second-order valence-electron chi connectivity index (χ2n) is 5.18. The van der Waals surface area contributed by atoms with E-state index in [1.165, 1.54) is 25.7 Å². The van der Waals surface area contributed by atoms with Crippen molar-refractivity contribution >= 4 is 5.91 Å². The molecule has 0 radical (unpaired) electrons. The lowest BCUT2D eigenvalue weighted by molar-refractivity contribution is -0.121. The van der Waals surface area contributed by atoms with Crippen LogP contribution in [0.2, 0.25) is 0 Å². The van der Waals surface area contributed by atoms with Crippen LogP contribution in [0.4, 0.5) is 0 Å². The average molecular weight is 250 g/mol. The van der Waals surface area contributed by atoms with E-state index in [9.17, 15) is 4.79 Å². The third kappa shape index (κ3) is 4.51. The molecule has 1 heterocycles. The minimum atomic E-state index is 0.201. The first-order valence-corrected chi connectivity index (χ1v) is 6.99. The van der Waals surface area contributed by atoms with E-state index in [2.05, 4.69) is 10.5 Å². The van der Waals surface area contributed by atoms with Crippen molar-refractivity contribution in [1.29, 1.82) is 0 Å². The third-order valence-corrected chi connectivity index (χ3v) is 3.70. The van der Waals surface area contributed by atoms with Crippen molar-refractivity contribution in [3.05, 3.63) is 18.0 Å². The summed E-state index contributed by atoms with van der Waals surface area (Å²) in [7, 11) is 0. The van der Waals surface area contributed by atoms with Gasteiger partial charge in [0.05, 0.1) is 6.20 Å². The molecule has 0 spiro atoms. The van der Waals surface area contributed by atoms with Gasteiger partial charge in [0.2, 0.25) is 5.91 Å². The quantitative estimate of drug-likeness (QED) is 0.757. The molecule has 1 saturated carbocycles. The second-order valence-corrected chi connectivity index (χ2v) is 5.18. The van der Waals surface area contributed by atoms with E-state index in [0.717, 1.165) is 37.3 Å². The summed E-state index contributed by atoms with van der Waals surface area (Å²) in [6, 6.07) is 0. The van der Waals surface area contributed by atoms with Crippen LogP contribution in [0, 0.1) is 5.92 Å². The number of carbonyl (C=O) groups is 1. The Hall–Kier alpha value is -1.32. The molecule has 1 aliphatic carbocycles. The monoisotopic (exact) mass is 250 g/mol. The number of nitrogens with zero attached hydrogens (tertiary/aromatic N) is 1. The van der Waals surface area contributed by atoms with Gasteiger partial charge in [0, 0.05) is 18.5 Å². The lowest BCUT2D eigenvalue weighted by Crippen LogP contribution is -2.24. The maximum atomic E-state index is 11.6. The first-order valence-electron chi connectivity index (χ1n) is 6.99. The molecule has 0 aliphatic heterocycles. The fraction of sp³-hybridized carbons (Fsp3) is 0.714. The van der Waals surface area contributed by atoms with Crippen LogP contribution in [0.3, 0.4) is 0 Å². The minimum Gasteiger partial charge on any atom is -0.364 e. The molecule has 0 bridgehead atoms. The van der Waals surface area contributed by atoms with Crippen LogP contribution in [-0.4, -0.2) is 17.6 Å². The van der Waals surface area contributed by atoms with Crippen LogP contribution in [0.15, 0.2) is 17.0 Å². The van der Waals surface area contributed by atoms with Crippen LogP contribution in [0.1, 0.15) is 50.5 Å². The Morgan fingerprint density at radius 1 is 1.44 bits per heavy atom. The number of hydrogen-bond acceptors (Lipinski definition) is 3. The Morgan fingerprint density at radius 3 is 3.00 bits per heavy atom. The van der Waals surface area contributed by atoms with Gasteiger partial charge >= 0.3 is 0 Å². The van der Waals surface area contributed by atoms with Crippen molar-refractivity contribution < 1.29 is 9.32 Å². The summed E-state index contributed by atoms with van der Waals surface area (Å²) in [5.74, 6) is 1.000. The normalized spacial score (nSPS) is 16.0. The number of amides is 1. The lowest BCUT2D eigenvalue weighted by atomic mass is 10.0. The van der Waals surface area contributed by atoms with E-state index in [-0.39, 0.29) is 5.91 Å². The van der Waals surface area contributed by atoms with Crippen molar-refractivity contribution in [2.75, 3.05) is 6.54 Å². The summed E-state index contributed by atoms with van der Waals surface area (Å²) in [5.41, 5.74) is 1.09. The Morgan fingerprint density at radius 2 is 2.28 bits per heavy atom.